The number of carbonyl (C=O) groups excluding carboxylic acids is 2. The van der Waals surface area contributed by atoms with Gasteiger partial charge in [-0.25, -0.2) is 9.69 Å². The van der Waals surface area contributed by atoms with E-state index in [4.69, 9.17) is 14.9 Å². The summed E-state index contributed by atoms with van der Waals surface area (Å²) in [5.74, 6) is -0.724. The monoisotopic (exact) mass is 241 g/mol. The van der Waals surface area contributed by atoms with E-state index in [9.17, 15) is 9.59 Å². The molecule has 0 aliphatic carbocycles. The molecular weight excluding hydrogens is 226 g/mol. The second-order valence-corrected chi connectivity index (χ2v) is 4.42. The van der Waals surface area contributed by atoms with E-state index < -0.39 is 17.6 Å². The van der Waals surface area contributed by atoms with Crippen LogP contribution < -0.4 is 10.6 Å². The molecule has 1 heterocycles. The smallest absolute Gasteiger partial charge is 0.418 e. The van der Waals surface area contributed by atoms with E-state index in [0.717, 1.165) is 11.2 Å². The lowest BCUT2D eigenvalue weighted by atomic mass is 10.2. The van der Waals surface area contributed by atoms with Crippen molar-refractivity contribution in [1.29, 1.82) is 0 Å². The molecular formula is C10H15N3O4. The molecule has 1 rings (SSSR count). The number of nitrogens with zero attached hydrogens (tertiary/aromatic N) is 2. The summed E-state index contributed by atoms with van der Waals surface area (Å²) in [4.78, 5) is 27.2. The second kappa shape index (κ2) is 4.44. The van der Waals surface area contributed by atoms with E-state index in [1.165, 1.54) is 7.05 Å². The quantitative estimate of drug-likeness (QED) is 0.837. The Morgan fingerprint density at radius 3 is 2.47 bits per heavy atom. The molecule has 0 radical (unpaired) electrons. The van der Waals surface area contributed by atoms with Crippen LogP contribution in [0.15, 0.2) is 10.7 Å². The summed E-state index contributed by atoms with van der Waals surface area (Å²) in [7, 11) is 1.42. The van der Waals surface area contributed by atoms with Crippen molar-refractivity contribution in [3.63, 3.8) is 0 Å². The van der Waals surface area contributed by atoms with Gasteiger partial charge >= 0.3 is 12.1 Å². The first-order valence-electron chi connectivity index (χ1n) is 4.93. The Kier molecular flexibility index (Phi) is 3.40. The lowest BCUT2D eigenvalue weighted by Crippen LogP contribution is -2.34. The second-order valence-electron chi connectivity index (χ2n) is 4.42. The molecule has 0 saturated heterocycles. The highest BCUT2D eigenvalue weighted by atomic mass is 16.6. The van der Waals surface area contributed by atoms with Crippen LogP contribution in [0.2, 0.25) is 0 Å². The topological polar surface area (TPSA) is 98.7 Å². The number of primary amides is 1. The van der Waals surface area contributed by atoms with Gasteiger partial charge in [-0.05, 0) is 20.8 Å². The zero-order valence-corrected chi connectivity index (χ0v) is 10.2. The van der Waals surface area contributed by atoms with Gasteiger partial charge in [-0.3, -0.25) is 4.79 Å². The van der Waals surface area contributed by atoms with Crippen LogP contribution in [0.1, 0.15) is 31.3 Å². The van der Waals surface area contributed by atoms with Crippen molar-refractivity contribution in [2.75, 3.05) is 11.9 Å². The number of hydrogen-bond donors (Lipinski definition) is 1. The number of ether oxygens (including phenoxy) is 1. The molecule has 2 amide bonds. The van der Waals surface area contributed by atoms with Crippen molar-refractivity contribution in [2.24, 2.45) is 5.73 Å². The van der Waals surface area contributed by atoms with Gasteiger partial charge in [0.1, 0.15) is 11.9 Å². The third kappa shape index (κ3) is 3.47. The van der Waals surface area contributed by atoms with Crippen LogP contribution in [-0.2, 0) is 4.74 Å². The third-order valence-corrected chi connectivity index (χ3v) is 1.70. The maximum Gasteiger partial charge on any atom is 0.418 e. The molecule has 2 N–H and O–H groups in total. The largest absolute Gasteiger partial charge is 0.443 e. The van der Waals surface area contributed by atoms with Gasteiger partial charge in [0.05, 0.1) is 0 Å². The molecule has 0 fully saturated rings. The predicted molar refractivity (Wildman–Crippen MR) is 59.7 cm³/mol. The molecule has 0 unspecified atom stereocenters. The molecule has 0 saturated carbocycles. The summed E-state index contributed by atoms with van der Waals surface area (Å²) in [5.41, 5.74) is 4.34. The molecule has 94 valence electrons. The van der Waals surface area contributed by atoms with Gasteiger partial charge in [0, 0.05) is 7.05 Å². The SMILES string of the molecule is CN(C(=O)OC(C)(C)C)c1nc(C(N)=O)co1. The number of carbonyl (C=O) groups is 2. The van der Waals surface area contributed by atoms with Crippen molar-refractivity contribution in [1.82, 2.24) is 4.98 Å². The maximum absolute atomic E-state index is 11.6. The molecule has 1 aromatic heterocycles. The molecule has 0 aromatic carbocycles. The minimum absolute atomic E-state index is 0.0459. The van der Waals surface area contributed by atoms with Crippen LogP contribution in [0.3, 0.4) is 0 Å². The standard InChI is InChI=1S/C10H15N3O4/c1-10(2,3)17-9(15)13(4)8-12-6(5-16-8)7(11)14/h5H,1-4H3,(H2,11,14). The number of amides is 2. The van der Waals surface area contributed by atoms with Crippen LogP contribution in [0.4, 0.5) is 10.8 Å². The molecule has 0 atom stereocenters. The number of oxazole rings is 1. The minimum Gasteiger partial charge on any atom is -0.443 e. The van der Waals surface area contributed by atoms with Gasteiger partial charge in [-0.1, -0.05) is 0 Å². The van der Waals surface area contributed by atoms with Crippen LogP contribution in [0, 0.1) is 0 Å². The van der Waals surface area contributed by atoms with Crippen LogP contribution in [0.25, 0.3) is 0 Å². The first kappa shape index (κ1) is 13.0. The van der Waals surface area contributed by atoms with Crippen LogP contribution in [-0.4, -0.2) is 29.6 Å². The number of hydrogen-bond acceptors (Lipinski definition) is 5. The zero-order valence-electron chi connectivity index (χ0n) is 10.2. The van der Waals surface area contributed by atoms with Crippen LogP contribution in [0.5, 0.6) is 0 Å². The maximum atomic E-state index is 11.6. The summed E-state index contributed by atoms with van der Waals surface area (Å²) in [5, 5.41) is 0. The summed E-state index contributed by atoms with van der Waals surface area (Å²) in [6.07, 6.45) is 0.453. The molecule has 0 bridgehead atoms. The molecule has 7 heteroatoms. The first-order chi connectivity index (χ1) is 7.70. The molecule has 7 nitrogen and oxygen atoms in total. The van der Waals surface area contributed by atoms with Crippen molar-refractivity contribution < 1.29 is 18.7 Å². The third-order valence-electron chi connectivity index (χ3n) is 1.70. The number of rotatable bonds is 2. The van der Waals surface area contributed by atoms with Crippen molar-refractivity contribution in [2.45, 2.75) is 26.4 Å². The number of nitrogens with two attached hydrogens (primary N) is 1. The molecule has 0 spiro atoms. The molecule has 17 heavy (non-hydrogen) atoms. The highest BCUT2D eigenvalue weighted by Gasteiger charge is 2.23. The Balaban J connectivity index is 2.78. The Morgan fingerprint density at radius 2 is 2.06 bits per heavy atom. The van der Waals surface area contributed by atoms with Gasteiger partial charge in [-0.15, -0.1) is 0 Å². The first-order valence-corrected chi connectivity index (χ1v) is 4.93. The molecule has 0 aliphatic heterocycles. The highest BCUT2D eigenvalue weighted by molar-refractivity contribution is 5.91. The van der Waals surface area contributed by atoms with E-state index >= 15 is 0 Å². The van der Waals surface area contributed by atoms with Gasteiger partial charge < -0.3 is 14.9 Å². The summed E-state index contributed by atoms with van der Waals surface area (Å²) in [6, 6.07) is -0.0481. The average Bonchev–Trinajstić information content (AvgIpc) is 2.62. The minimum atomic E-state index is -0.724. The Morgan fingerprint density at radius 1 is 1.47 bits per heavy atom. The summed E-state index contributed by atoms with van der Waals surface area (Å²) in [6.45, 7) is 5.22. The van der Waals surface area contributed by atoms with Crippen molar-refractivity contribution in [3.8, 4) is 0 Å². The molecule has 0 aliphatic rings. The van der Waals surface area contributed by atoms with Gasteiger partial charge in [0.2, 0.25) is 0 Å². The highest BCUT2D eigenvalue weighted by Crippen LogP contribution is 2.15. The fraction of sp³-hybridized carbons (Fsp3) is 0.500. The molecule has 1 aromatic rings. The van der Waals surface area contributed by atoms with Crippen molar-refractivity contribution >= 4 is 18.0 Å². The van der Waals surface area contributed by atoms with Gasteiger partial charge in [0.15, 0.2) is 5.69 Å². The van der Waals surface area contributed by atoms with Crippen LogP contribution >= 0.6 is 0 Å². The zero-order chi connectivity index (χ0) is 13.2. The van der Waals surface area contributed by atoms with E-state index in [2.05, 4.69) is 4.98 Å². The number of aromatic nitrogens is 1. The average molecular weight is 241 g/mol. The lowest BCUT2D eigenvalue weighted by molar-refractivity contribution is 0.0582. The fourth-order valence-corrected chi connectivity index (χ4v) is 0.940. The Bertz CT molecular complexity index is 433. The van der Waals surface area contributed by atoms with E-state index in [-0.39, 0.29) is 11.7 Å². The van der Waals surface area contributed by atoms with Crippen molar-refractivity contribution in [3.05, 3.63) is 12.0 Å². The Hall–Kier alpha value is -2.05. The lowest BCUT2D eigenvalue weighted by Gasteiger charge is -2.22. The number of anilines is 1. The van der Waals surface area contributed by atoms with E-state index in [1.54, 1.807) is 20.8 Å². The summed E-state index contributed by atoms with van der Waals surface area (Å²) >= 11 is 0. The summed E-state index contributed by atoms with van der Waals surface area (Å²) < 4.78 is 10.0. The fourth-order valence-electron chi connectivity index (χ4n) is 0.940. The van der Waals surface area contributed by atoms with Gasteiger partial charge in [0.25, 0.3) is 5.91 Å². The Labute approximate surface area is 98.5 Å². The van der Waals surface area contributed by atoms with E-state index in [1.807, 2.05) is 0 Å². The normalized spacial score (nSPS) is 11.1. The predicted octanol–water partition coefficient (Wildman–Crippen LogP) is 1.14. The van der Waals surface area contributed by atoms with Gasteiger partial charge in [-0.2, -0.15) is 4.98 Å². The van der Waals surface area contributed by atoms with E-state index in [0.29, 0.717) is 0 Å².